The van der Waals surface area contributed by atoms with Crippen molar-refractivity contribution in [2.75, 3.05) is 0 Å². The third kappa shape index (κ3) is 3.56. The van der Waals surface area contributed by atoms with Crippen LogP contribution < -0.4 is 10.1 Å². The second-order valence-corrected chi connectivity index (χ2v) is 6.43. The Kier molecular flexibility index (Phi) is 4.44. The molecule has 0 bridgehead atoms. The molecule has 0 atom stereocenters. The number of benzene rings is 1. The van der Waals surface area contributed by atoms with Crippen molar-refractivity contribution < 1.29 is 9.53 Å². The largest absolute Gasteiger partial charge is 0.464 e. The maximum Gasteiger partial charge on any atom is 0.251 e. The Bertz CT molecular complexity index is 601. The van der Waals surface area contributed by atoms with Crippen LogP contribution in [0.4, 0.5) is 0 Å². The highest BCUT2D eigenvalue weighted by molar-refractivity contribution is 9.10. The van der Waals surface area contributed by atoms with Gasteiger partial charge in [0.25, 0.3) is 5.91 Å². The molecule has 1 N–H and O–H groups in total. The average molecular weight is 348 g/mol. The van der Waals surface area contributed by atoms with Crippen LogP contribution in [0.3, 0.4) is 0 Å². The van der Waals surface area contributed by atoms with E-state index in [9.17, 15) is 4.79 Å². The standard InChI is InChI=1S/C17H18BrNO2/c18-14-6-7-16-13(11-14)10-12(8-9-21-16)17(20)19-15-4-2-1-3-5-15/h6-11,15H,1-5H2,(H,19,20). The van der Waals surface area contributed by atoms with Gasteiger partial charge in [-0.3, -0.25) is 4.79 Å². The lowest BCUT2D eigenvalue weighted by Gasteiger charge is -2.22. The monoisotopic (exact) mass is 347 g/mol. The van der Waals surface area contributed by atoms with Crippen molar-refractivity contribution in [2.24, 2.45) is 0 Å². The van der Waals surface area contributed by atoms with Gasteiger partial charge in [-0.25, -0.2) is 0 Å². The molecule has 21 heavy (non-hydrogen) atoms. The summed E-state index contributed by atoms with van der Waals surface area (Å²) >= 11 is 3.45. The van der Waals surface area contributed by atoms with Crippen molar-refractivity contribution in [1.29, 1.82) is 0 Å². The van der Waals surface area contributed by atoms with Gasteiger partial charge < -0.3 is 10.1 Å². The third-order valence-corrected chi connectivity index (χ3v) is 4.42. The van der Waals surface area contributed by atoms with Gasteiger partial charge in [0.2, 0.25) is 0 Å². The van der Waals surface area contributed by atoms with Crippen molar-refractivity contribution in [1.82, 2.24) is 5.32 Å². The van der Waals surface area contributed by atoms with Gasteiger partial charge in [0, 0.05) is 21.7 Å². The molecule has 3 rings (SSSR count). The molecule has 2 aliphatic rings. The molecule has 1 heterocycles. The van der Waals surface area contributed by atoms with Crippen LogP contribution in [0.1, 0.15) is 37.7 Å². The number of carbonyl (C=O) groups is 1. The summed E-state index contributed by atoms with van der Waals surface area (Å²) in [6.45, 7) is 0. The van der Waals surface area contributed by atoms with Crippen LogP contribution in [0.15, 0.2) is 40.6 Å². The fourth-order valence-electron chi connectivity index (χ4n) is 2.79. The van der Waals surface area contributed by atoms with Gasteiger partial charge in [-0.1, -0.05) is 35.2 Å². The lowest BCUT2D eigenvalue weighted by molar-refractivity contribution is -0.118. The number of carbonyl (C=O) groups excluding carboxylic acids is 1. The smallest absolute Gasteiger partial charge is 0.251 e. The Morgan fingerprint density at radius 2 is 2.05 bits per heavy atom. The molecule has 1 aromatic carbocycles. The first-order chi connectivity index (χ1) is 10.2. The van der Waals surface area contributed by atoms with Crippen LogP contribution in [0, 0.1) is 0 Å². The predicted octanol–water partition coefficient (Wildman–Crippen LogP) is 4.19. The number of ether oxygens (including phenoxy) is 1. The summed E-state index contributed by atoms with van der Waals surface area (Å²) in [7, 11) is 0. The minimum Gasteiger partial charge on any atom is -0.464 e. The van der Waals surface area contributed by atoms with Crippen molar-refractivity contribution in [3.63, 3.8) is 0 Å². The number of fused-ring (bicyclic) bond motifs is 1. The van der Waals surface area contributed by atoms with E-state index in [1.165, 1.54) is 19.3 Å². The first kappa shape index (κ1) is 14.4. The molecular formula is C17H18BrNO2. The molecule has 0 unspecified atom stereocenters. The number of halogens is 1. The molecule has 1 fully saturated rings. The summed E-state index contributed by atoms with van der Waals surface area (Å²) in [6, 6.07) is 6.08. The summed E-state index contributed by atoms with van der Waals surface area (Å²) in [4.78, 5) is 12.4. The van der Waals surface area contributed by atoms with E-state index in [1.807, 2.05) is 24.3 Å². The van der Waals surface area contributed by atoms with Gasteiger partial charge in [0.15, 0.2) is 0 Å². The second-order valence-electron chi connectivity index (χ2n) is 5.51. The van der Waals surface area contributed by atoms with Gasteiger partial charge in [0.1, 0.15) is 5.75 Å². The summed E-state index contributed by atoms with van der Waals surface area (Å²) < 4.78 is 6.51. The van der Waals surface area contributed by atoms with Crippen LogP contribution in [-0.2, 0) is 4.79 Å². The van der Waals surface area contributed by atoms with E-state index < -0.39 is 0 Å². The van der Waals surface area contributed by atoms with Gasteiger partial charge in [-0.05, 0) is 43.2 Å². The highest BCUT2D eigenvalue weighted by atomic mass is 79.9. The Labute approximate surface area is 133 Å². The highest BCUT2D eigenvalue weighted by Crippen LogP contribution is 2.28. The third-order valence-electron chi connectivity index (χ3n) is 3.93. The fourth-order valence-corrected chi connectivity index (χ4v) is 3.17. The molecule has 1 aliphatic heterocycles. The van der Waals surface area contributed by atoms with Crippen LogP contribution in [-0.4, -0.2) is 11.9 Å². The molecule has 0 spiro atoms. The van der Waals surface area contributed by atoms with Gasteiger partial charge >= 0.3 is 0 Å². The number of amides is 1. The van der Waals surface area contributed by atoms with Crippen LogP contribution in [0.25, 0.3) is 6.08 Å². The van der Waals surface area contributed by atoms with E-state index in [1.54, 1.807) is 12.3 Å². The number of hydrogen-bond acceptors (Lipinski definition) is 2. The molecule has 4 heteroatoms. The first-order valence-corrected chi connectivity index (χ1v) is 8.17. The molecule has 3 nitrogen and oxygen atoms in total. The summed E-state index contributed by atoms with van der Waals surface area (Å²) in [5.74, 6) is 0.740. The Morgan fingerprint density at radius 3 is 2.86 bits per heavy atom. The number of hydrogen-bond donors (Lipinski definition) is 1. The van der Waals surface area contributed by atoms with E-state index in [4.69, 9.17) is 4.74 Å². The lowest BCUT2D eigenvalue weighted by Crippen LogP contribution is -2.36. The van der Waals surface area contributed by atoms with Crippen molar-refractivity contribution in [3.05, 3.63) is 46.1 Å². The molecule has 1 aliphatic carbocycles. The maximum atomic E-state index is 12.4. The summed E-state index contributed by atoms with van der Waals surface area (Å²) in [5.41, 5.74) is 1.54. The van der Waals surface area contributed by atoms with E-state index in [2.05, 4.69) is 21.2 Å². The minimum absolute atomic E-state index is 0.0189. The molecule has 0 aromatic heterocycles. The zero-order valence-electron chi connectivity index (χ0n) is 11.8. The fraction of sp³-hybridized carbons (Fsp3) is 0.353. The highest BCUT2D eigenvalue weighted by Gasteiger charge is 2.18. The SMILES string of the molecule is O=C(NC1CCCCC1)C1=Cc2cc(Br)ccc2OC=C1. The normalized spacial score (nSPS) is 18.2. The summed E-state index contributed by atoms with van der Waals surface area (Å²) in [5, 5.41) is 3.14. The minimum atomic E-state index is -0.0189. The number of rotatable bonds is 2. The first-order valence-electron chi connectivity index (χ1n) is 7.38. The molecule has 0 saturated heterocycles. The quantitative estimate of drug-likeness (QED) is 0.870. The molecular weight excluding hydrogens is 330 g/mol. The van der Waals surface area contributed by atoms with Gasteiger partial charge in [0.05, 0.1) is 6.26 Å². The predicted molar refractivity (Wildman–Crippen MR) is 86.9 cm³/mol. The van der Waals surface area contributed by atoms with Gasteiger partial charge in [-0.2, -0.15) is 0 Å². The van der Waals surface area contributed by atoms with E-state index in [-0.39, 0.29) is 5.91 Å². The van der Waals surface area contributed by atoms with Crippen molar-refractivity contribution in [3.8, 4) is 5.75 Å². The van der Waals surface area contributed by atoms with E-state index in [0.29, 0.717) is 11.6 Å². The number of nitrogens with one attached hydrogen (secondary N) is 1. The topological polar surface area (TPSA) is 38.3 Å². The molecule has 0 radical (unpaired) electrons. The Morgan fingerprint density at radius 1 is 1.24 bits per heavy atom. The molecule has 110 valence electrons. The second kappa shape index (κ2) is 6.48. The Hall–Kier alpha value is -1.55. The van der Waals surface area contributed by atoms with Crippen LogP contribution in [0.2, 0.25) is 0 Å². The maximum absolute atomic E-state index is 12.4. The van der Waals surface area contributed by atoms with Gasteiger partial charge in [-0.15, -0.1) is 0 Å². The lowest BCUT2D eigenvalue weighted by atomic mass is 9.95. The van der Waals surface area contributed by atoms with Crippen LogP contribution >= 0.6 is 15.9 Å². The average Bonchev–Trinajstić information content (AvgIpc) is 2.70. The molecule has 1 saturated carbocycles. The zero-order valence-corrected chi connectivity index (χ0v) is 13.4. The molecule has 1 amide bonds. The Balaban J connectivity index is 1.78. The zero-order chi connectivity index (χ0) is 14.7. The van der Waals surface area contributed by atoms with Crippen LogP contribution in [0.5, 0.6) is 5.75 Å². The summed E-state index contributed by atoms with van der Waals surface area (Å²) in [6.07, 6.45) is 11.0. The van der Waals surface area contributed by atoms with Crippen molar-refractivity contribution >= 4 is 27.9 Å². The van der Waals surface area contributed by atoms with E-state index >= 15 is 0 Å². The van der Waals surface area contributed by atoms with Crippen molar-refractivity contribution in [2.45, 2.75) is 38.1 Å². The molecule has 1 aromatic rings. The van der Waals surface area contributed by atoms with E-state index in [0.717, 1.165) is 28.6 Å².